The van der Waals surface area contributed by atoms with Gasteiger partial charge in [-0.15, -0.1) is 0 Å². The number of methoxy groups -OCH3 is 3. The van der Waals surface area contributed by atoms with E-state index in [1.165, 1.54) is 21.3 Å². The van der Waals surface area contributed by atoms with Crippen molar-refractivity contribution < 1.29 is 23.8 Å². The van der Waals surface area contributed by atoms with Crippen LogP contribution in [0.2, 0.25) is 0 Å². The lowest BCUT2D eigenvalue weighted by molar-refractivity contribution is -0.139. The molecule has 26 heavy (non-hydrogen) atoms. The van der Waals surface area contributed by atoms with Crippen LogP contribution in [-0.4, -0.2) is 43.4 Å². The summed E-state index contributed by atoms with van der Waals surface area (Å²) in [5.74, 6) is -0.277. The first-order chi connectivity index (χ1) is 12.3. The van der Waals surface area contributed by atoms with Crippen molar-refractivity contribution in [2.24, 2.45) is 0 Å². The summed E-state index contributed by atoms with van der Waals surface area (Å²) in [5, 5.41) is 0. The normalized spacial score (nSPS) is 8.85. The van der Waals surface area contributed by atoms with Crippen LogP contribution in [0.1, 0.15) is 11.4 Å². The SMILES string of the molecule is COC(=O)Cc1cc(Br)ccn1.COC(=O)OC.Cc1cc(Br)ccn1. The van der Waals surface area contributed by atoms with Gasteiger partial charge in [-0.25, -0.2) is 4.79 Å². The van der Waals surface area contributed by atoms with E-state index in [0.29, 0.717) is 5.69 Å². The Morgan fingerprint density at radius 2 is 1.46 bits per heavy atom. The number of hydrogen-bond acceptors (Lipinski definition) is 7. The fraction of sp³-hybridized carbons (Fsp3) is 0.294. The van der Waals surface area contributed by atoms with Crippen LogP contribution in [0.5, 0.6) is 0 Å². The van der Waals surface area contributed by atoms with E-state index in [1.807, 2.05) is 19.1 Å². The number of rotatable bonds is 2. The Balaban J connectivity index is 0.000000388. The van der Waals surface area contributed by atoms with Gasteiger partial charge in [-0.05, 0) is 31.2 Å². The zero-order valence-electron chi connectivity index (χ0n) is 14.9. The van der Waals surface area contributed by atoms with Crippen molar-refractivity contribution in [1.29, 1.82) is 0 Å². The summed E-state index contributed by atoms with van der Waals surface area (Å²) < 4.78 is 14.6. The molecule has 0 aromatic carbocycles. The van der Waals surface area contributed by atoms with Crippen LogP contribution < -0.4 is 0 Å². The Bertz CT molecular complexity index is 675. The lowest BCUT2D eigenvalue weighted by Gasteiger charge is -1.98. The largest absolute Gasteiger partial charge is 0.507 e. The van der Waals surface area contributed by atoms with Crippen molar-refractivity contribution in [3.8, 4) is 0 Å². The van der Waals surface area contributed by atoms with E-state index < -0.39 is 6.16 Å². The van der Waals surface area contributed by atoms with E-state index in [4.69, 9.17) is 0 Å². The summed E-state index contributed by atoms with van der Waals surface area (Å²) in [6.07, 6.45) is 2.98. The molecular weight excluding hydrogens is 472 g/mol. The third kappa shape index (κ3) is 12.4. The van der Waals surface area contributed by atoms with Gasteiger partial charge in [-0.3, -0.25) is 14.8 Å². The molecule has 2 heterocycles. The highest BCUT2D eigenvalue weighted by atomic mass is 79.9. The molecule has 2 rings (SSSR count). The van der Waals surface area contributed by atoms with Crippen molar-refractivity contribution >= 4 is 44.0 Å². The minimum absolute atomic E-state index is 0.218. The van der Waals surface area contributed by atoms with E-state index in [2.05, 4.69) is 56.0 Å². The molecule has 0 aliphatic carbocycles. The monoisotopic (exact) mass is 490 g/mol. The van der Waals surface area contributed by atoms with Crippen LogP contribution in [0.25, 0.3) is 0 Å². The predicted octanol–water partition coefficient (Wildman–Crippen LogP) is 4.11. The number of halogens is 2. The van der Waals surface area contributed by atoms with Gasteiger partial charge in [0, 0.05) is 27.0 Å². The van der Waals surface area contributed by atoms with Crippen molar-refractivity contribution in [3.63, 3.8) is 0 Å². The van der Waals surface area contributed by atoms with E-state index in [-0.39, 0.29) is 12.4 Å². The fourth-order valence-corrected chi connectivity index (χ4v) is 2.19. The van der Waals surface area contributed by atoms with Crippen LogP contribution in [0, 0.1) is 6.92 Å². The summed E-state index contributed by atoms with van der Waals surface area (Å²) in [6.45, 7) is 1.96. The lowest BCUT2D eigenvalue weighted by Crippen LogP contribution is -2.05. The average molecular weight is 492 g/mol. The minimum atomic E-state index is -0.657. The fourth-order valence-electron chi connectivity index (χ4n) is 1.36. The maximum atomic E-state index is 10.8. The smallest absolute Gasteiger partial charge is 0.469 e. The predicted molar refractivity (Wildman–Crippen MR) is 104 cm³/mol. The zero-order valence-corrected chi connectivity index (χ0v) is 18.0. The van der Waals surface area contributed by atoms with Crippen LogP contribution in [0.3, 0.4) is 0 Å². The molecule has 0 radical (unpaired) electrons. The van der Waals surface area contributed by atoms with Gasteiger partial charge < -0.3 is 14.2 Å². The first kappa shape index (κ1) is 24.0. The number of pyridine rings is 2. The number of carbonyl (C=O) groups excluding carboxylic acids is 2. The summed E-state index contributed by atoms with van der Waals surface area (Å²) in [6, 6.07) is 7.48. The van der Waals surface area contributed by atoms with Crippen LogP contribution >= 0.6 is 31.9 Å². The quantitative estimate of drug-likeness (QED) is 0.584. The van der Waals surface area contributed by atoms with Crippen molar-refractivity contribution in [3.05, 3.63) is 57.0 Å². The summed E-state index contributed by atoms with van der Waals surface area (Å²) >= 11 is 6.60. The standard InChI is InChI=1S/C8H8BrNO2.C6H6BrN.C3H6O3/c1-12-8(11)5-7-4-6(9)2-3-10-7;1-5-4-6(7)2-3-8-5;1-5-3(4)6-2/h2-4H,5H2,1H3;2-4H,1H3;1-2H3. The Hall–Kier alpha value is -2.00. The van der Waals surface area contributed by atoms with Crippen molar-refractivity contribution in [2.45, 2.75) is 13.3 Å². The Kier molecular flexibility index (Phi) is 13.1. The molecule has 2 aromatic rings. The van der Waals surface area contributed by atoms with Gasteiger partial charge in [0.2, 0.25) is 0 Å². The molecule has 0 amide bonds. The molecule has 0 bridgehead atoms. The Labute approximate surface area is 169 Å². The van der Waals surface area contributed by atoms with E-state index in [1.54, 1.807) is 24.5 Å². The second kappa shape index (κ2) is 14.2. The molecule has 0 N–H and O–H groups in total. The first-order valence-electron chi connectivity index (χ1n) is 7.19. The van der Waals surface area contributed by atoms with E-state index in [0.717, 1.165) is 14.6 Å². The van der Waals surface area contributed by atoms with Gasteiger partial charge in [0.1, 0.15) is 0 Å². The molecule has 0 unspecified atom stereocenters. The molecule has 0 saturated heterocycles. The number of aryl methyl sites for hydroxylation is 1. The number of nitrogens with zero attached hydrogens (tertiary/aromatic N) is 2. The molecule has 0 aliphatic rings. The van der Waals surface area contributed by atoms with Crippen LogP contribution in [0.15, 0.2) is 45.6 Å². The summed E-state index contributed by atoms with van der Waals surface area (Å²) in [7, 11) is 3.87. The Morgan fingerprint density at radius 3 is 1.81 bits per heavy atom. The third-order valence-electron chi connectivity index (χ3n) is 2.52. The van der Waals surface area contributed by atoms with Gasteiger partial charge in [0.15, 0.2) is 0 Å². The highest BCUT2D eigenvalue weighted by Crippen LogP contribution is 2.09. The molecule has 0 atom stereocenters. The molecule has 9 heteroatoms. The highest BCUT2D eigenvalue weighted by molar-refractivity contribution is 9.10. The Morgan fingerprint density at radius 1 is 0.923 bits per heavy atom. The number of aromatic nitrogens is 2. The number of ether oxygens (including phenoxy) is 3. The summed E-state index contributed by atoms with van der Waals surface area (Å²) in [5.41, 5.74) is 1.75. The maximum Gasteiger partial charge on any atom is 0.507 e. The summed E-state index contributed by atoms with van der Waals surface area (Å²) in [4.78, 5) is 28.6. The molecule has 0 saturated carbocycles. The average Bonchev–Trinajstić information content (AvgIpc) is 2.61. The van der Waals surface area contributed by atoms with E-state index in [9.17, 15) is 9.59 Å². The molecule has 142 valence electrons. The molecule has 0 fully saturated rings. The zero-order chi connectivity index (χ0) is 19.9. The van der Waals surface area contributed by atoms with Gasteiger partial charge in [0.25, 0.3) is 0 Å². The third-order valence-corrected chi connectivity index (χ3v) is 3.51. The van der Waals surface area contributed by atoms with Crippen molar-refractivity contribution in [2.75, 3.05) is 21.3 Å². The molecule has 7 nitrogen and oxygen atoms in total. The molecule has 0 aliphatic heterocycles. The van der Waals surface area contributed by atoms with Gasteiger partial charge in [-0.2, -0.15) is 0 Å². The van der Waals surface area contributed by atoms with Crippen molar-refractivity contribution in [1.82, 2.24) is 9.97 Å². The first-order valence-corrected chi connectivity index (χ1v) is 8.78. The number of esters is 1. The maximum absolute atomic E-state index is 10.8. The second-order valence-corrected chi connectivity index (χ2v) is 6.32. The number of carbonyl (C=O) groups is 2. The topological polar surface area (TPSA) is 87.6 Å². The van der Waals surface area contributed by atoms with Gasteiger partial charge in [-0.1, -0.05) is 31.9 Å². The van der Waals surface area contributed by atoms with Gasteiger partial charge in [0.05, 0.1) is 33.4 Å². The minimum Gasteiger partial charge on any atom is -0.469 e. The second-order valence-electron chi connectivity index (χ2n) is 4.49. The number of hydrogen-bond donors (Lipinski definition) is 0. The molecule has 0 spiro atoms. The van der Waals surface area contributed by atoms with Gasteiger partial charge >= 0.3 is 12.1 Å². The van der Waals surface area contributed by atoms with Crippen LogP contribution in [0.4, 0.5) is 4.79 Å². The molecular formula is C17H20Br2N2O5. The highest BCUT2D eigenvalue weighted by Gasteiger charge is 2.03. The van der Waals surface area contributed by atoms with Crippen LogP contribution in [-0.2, 0) is 25.4 Å². The van der Waals surface area contributed by atoms with E-state index >= 15 is 0 Å². The lowest BCUT2D eigenvalue weighted by atomic mass is 10.3. The molecule has 2 aromatic heterocycles.